The van der Waals surface area contributed by atoms with Crippen LogP contribution in [0.4, 0.5) is 0 Å². The van der Waals surface area contributed by atoms with Crippen molar-refractivity contribution in [2.75, 3.05) is 0 Å². The Bertz CT molecular complexity index is 275. The number of aromatic nitrogens is 3. The molecule has 1 heterocycles. The van der Waals surface area contributed by atoms with Crippen LogP contribution in [0.3, 0.4) is 0 Å². The normalized spacial score (nSPS) is 17.2. The van der Waals surface area contributed by atoms with Crippen LogP contribution in [0.1, 0.15) is 56.6 Å². The summed E-state index contributed by atoms with van der Waals surface area (Å²) in [5, 5.41) is 28.0. The maximum Gasteiger partial charge on any atom is 0.161 e. The van der Waals surface area contributed by atoms with E-state index in [4.69, 9.17) is 0 Å². The van der Waals surface area contributed by atoms with Gasteiger partial charge in [-0.05, 0) is 20.8 Å². The second kappa shape index (κ2) is 4.61. The molecule has 3 N–H and O–H groups in total. The van der Waals surface area contributed by atoms with Gasteiger partial charge in [-0.15, -0.1) is 0 Å². The minimum atomic E-state index is -0.858. The minimum Gasteiger partial charge on any atom is -0.385 e. The summed E-state index contributed by atoms with van der Waals surface area (Å²) >= 11 is 0. The summed E-state index contributed by atoms with van der Waals surface area (Å²) in [5.74, 6) is 0.449. The average molecular weight is 213 g/mol. The van der Waals surface area contributed by atoms with Crippen LogP contribution >= 0.6 is 0 Å². The molecule has 1 rings (SSSR count). The minimum absolute atomic E-state index is 0.150. The van der Waals surface area contributed by atoms with Crippen LogP contribution in [-0.2, 0) is 0 Å². The van der Waals surface area contributed by atoms with E-state index in [0.717, 1.165) is 0 Å². The summed E-state index contributed by atoms with van der Waals surface area (Å²) in [6.07, 6.45) is -2.58. The molecule has 1 aromatic rings. The van der Waals surface area contributed by atoms with Crippen LogP contribution in [0.15, 0.2) is 0 Å². The van der Waals surface area contributed by atoms with Crippen molar-refractivity contribution in [3.05, 3.63) is 17.5 Å². The summed E-state index contributed by atoms with van der Waals surface area (Å²) in [6.45, 7) is 4.52. The molecule has 0 amide bonds. The highest BCUT2D eigenvalue weighted by molar-refractivity contribution is 5.02. The molecule has 3 unspecified atom stereocenters. The van der Waals surface area contributed by atoms with E-state index in [9.17, 15) is 15.3 Å². The van der Waals surface area contributed by atoms with Gasteiger partial charge in [0.25, 0.3) is 0 Å². The third kappa shape index (κ3) is 2.92. The van der Waals surface area contributed by atoms with E-state index in [1.165, 1.54) is 20.8 Å². The van der Waals surface area contributed by atoms with Crippen LogP contribution in [0.25, 0.3) is 0 Å². The number of hydrogen-bond donors (Lipinski definition) is 3. The Kier molecular flexibility index (Phi) is 3.67. The Hall–Kier alpha value is -1.11. The smallest absolute Gasteiger partial charge is 0.161 e. The van der Waals surface area contributed by atoms with Gasteiger partial charge in [0.2, 0.25) is 0 Å². The third-order valence-corrected chi connectivity index (χ3v) is 1.81. The van der Waals surface area contributed by atoms with Crippen LogP contribution in [0.2, 0.25) is 0 Å². The summed E-state index contributed by atoms with van der Waals surface area (Å²) in [4.78, 5) is 11.6. The lowest BCUT2D eigenvalue weighted by molar-refractivity contribution is 0.161. The lowest BCUT2D eigenvalue weighted by Crippen LogP contribution is -2.13. The van der Waals surface area contributed by atoms with Gasteiger partial charge in [-0.3, -0.25) is 0 Å². The summed E-state index contributed by atoms with van der Waals surface area (Å²) in [6, 6.07) is 0. The monoisotopic (exact) mass is 213 g/mol. The number of rotatable bonds is 3. The highest BCUT2D eigenvalue weighted by atomic mass is 16.3. The Labute approximate surface area is 87.7 Å². The van der Waals surface area contributed by atoms with Crippen molar-refractivity contribution in [1.82, 2.24) is 15.0 Å². The van der Waals surface area contributed by atoms with Gasteiger partial charge in [0, 0.05) is 0 Å². The van der Waals surface area contributed by atoms with Gasteiger partial charge in [-0.2, -0.15) is 0 Å². The quantitative estimate of drug-likeness (QED) is 0.655. The van der Waals surface area contributed by atoms with Crippen molar-refractivity contribution in [2.24, 2.45) is 0 Å². The Morgan fingerprint density at radius 3 is 1.00 bits per heavy atom. The molecule has 84 valence electrons. The van der Waals surface area contributed by atoms with Gasteiger partial charge in [0.15, 0.2) is 17.5 Å². The Balaban J connectivity index is 3.20. The van der Waals surface area contributed by atoms with Crippen molar-refractivity contribution in [3.8, 4) is 0 Å². The van der Waals surface area contributed by atoms with Crippen LogP contribution < -0.4 is 0 Å². The molecule has 0 spiro atoms. The fourth-order valence-electron chi connectivity index (χ4n) is 0.988. The molecule has 6 heteroatoms. The topological polar surface area (TPSA) is 99.4 Å². The molecule has 0 bridgehead atoms. The standard InChI is InChI=1S/C9H15N3O3/c1-4(13)7-10-8(5(2)14)12-9(11-7)6(3)15/h4-6,13-15H,1-3H3. The zero-order valence-corrected chi connectivity index (χ0v) is 8.92. The first kappa shape index (κ1) is 12.0. The molecular formula is C9H15N3O3. The molecule has 0 aliphatic rings. The molecule has 0 aliphatic heterocycles. The second-order valence-electron chi connectivity index (χ2n) is 3.44. The largest absolute Gasteiger partial charge is 0.385 e. The first-order chi connectivity index (χ1) is 6.91. The van der Waals surface area contributed by atoms with Gasteiger partial charge < -0.3 is 15.3 Å². The maximum atomic E-state index is 9.32. The highest BCUT2D eigenvalue weighted by Crippen LogP contribution is 2.14. The van der Waals surface area contributed by atoms with Crippen LogP contribution in [0, 0.1) is 0 Å². The molecule has 0 saturated carbocycles. The van der Waals surface area contributed by atoms with Crippen molar-refractivity contribution < 1.29 is 15.3 Å². The van der Waals surface area contributed by atoms with Crippen molar-refractivity contribution in [3.63, 3.8) is 0 Å². The van der Waals surface area contributed by atoms with Crippen molar-refractivity contribution in [2.45, 2.75) is 39.1 Å². The predicted molar refractivity (Wildman–Crippen MR) is 51.7 cm³/mol. The molecule has 0 fully saturated rings. The first-order valence-corrected chi connectivity index (χ1v) is 4.71. The number of aliphatic hydroxyl groups excluding tert-OH is 3. The third-order valence-electron chi connectivity index (χ3n) is 1.81. The predicted octanol–water partition coefficient (Wildman–Crippen LogP) is 0.0315. The molecule has 15 heavy (non-hydrogen) atoms. The molecule has 0 radical (unpaired) electrons. The van der Waals surface area contributed by atoms with E-state index < -0.39 is 18.3 Å². The molecule has 0 saturated heterocycles. The molecule has 0 aromatic carbocycles. The van der Waals surface area contributed by atoms with E-state index in [1.807, 2.05) is 0 Å². The summed E-state index contributed by atoms with van der Waals surface area (Å²) in [7, 11) is 0. The number of hydrogen-bond acceptors (Lipinski definition) is 6. The van der Waals surface area contributed by atoms with Crippen LogP contribution in [0.5, 0.6) is 0 Å². The molecule has 6 nitrogen and oxygen atoms in total. The number of nitrogens with zero attached hydrogens (tertiary/aromatic N) is 3. The Morgan fingerprint density at radius 1 is 0.667 bits per heavy atom. The van der Waals surface area contributed by atoms with E-state index in [0.29, 0.717) is 0 Å². The van der Waals surface area contributed by atoms with Crippen molar-refractivity contribution in [1.29, 1.82) is 0 Å². The van der Waals surface area contributed by atoms with Crippen LogP contribution in [-0.4, -0.2) is 30.3 Å². The molecular weight excluding hydrogens is 198 g/mol. The van der Waals surface area contributed by atoms with Gasteiger partial charge in [-0.25, -0.2) is 15.0 Å². The Morgan fingerprint density at radius 2 is 0.867 bits per heavy atom. The number of aliphatic hydroxyl groups is 3. The highest BCUT2D eigenvalue weighted by Gasteiger charge is 2.15. The van der Waals surface area contributed by atoms with E-state index in [-0.39, 0.29) is 17.5 Å². The van der Waals surface area contributed by atoms with Gasteiger partial charge >= 0.3 is 0 Å². The average Bonchev–Trinajstić information content (AvgIpc) is 2.16. The fourth-order valence-corrected chi connectivity index (χ4v) is 0.988. The lowest BCUT2D eigenvalue weighted by Gasteiger charge is -2.11. The van der Waals surface area contributed by atoms with Gasteiger partial charge in [0.05, 0.1) is 0 Å². The SMILES string of the molecule is CC(O)c1nc(C(C)O)nc(C(C)O)n1. The van der Waals surface area contributed by atoms with E-state index in [1.54, 1.807) is 0 Å². The fraction of sp³-hybridized carbons (Fsp3) is 0.667. The summed E-state index contributed by atoms with van der Waals surface area (Å²) in [5.41, 5.74) is 0. The maximum absolute atomic E-state index is 9.32. The first-order valence-electron chi connectivity index (χ1n) is 4.71. The zero-order chi connectivity index (χ0) is 11.6. The summed E-state index contributed by atoms with van der Waals surface area (Å²) < 4.78 is 0. The van der Waals surface area contributed by atoms with E-state index >= 15 is 0 Å². The van der Waals surface area contributed by atoms with Gasteiger partial charge in [0.1, 0.15) is 18.3 Å². The van der Waals surface area contributed by atoms with Crippen molar-refractivity contribution >= 4 is 0 Å². The van der Waals surface area contributed by atoms with E-state index in [2.05, 4.69) is 15.0 Å². The molecule has 0 aliphatic carbocycles. The lowest BCUT2D eigenvalue weighted by atomic mass is 10.3. The molecule has 1 aromatic heterocycles. The van der Waals surface area contributed by atoms with Gasteiger partial charge in [-0.1, -0.05) is 0 Å². The zero-order valence-electron chi connectivity index (χ0n) is 8.92. The second-order valence-corrected chi connectivity index (χ2v) is 3.44. The molecule has 3 atom stereocenters.